The van der Waals surface area contributed by atoms with Gasteiger partial charge < -0.3 is 15.8 Å². The van der Waals surface area contributed by atoms with Crippen LogP contribution in [0.3, 0.4) is 0 Å². The van der Waals surface area contributed by atoms with Gasteiger partial charge in [-0.1, -0.05) is 19.1 Å². The van der Waals surface area contributed by atoms with Crippen molar-refractivity contribution in [2.24, 2.45) is 0 Å². The third-order valence-electron chi connectivity index (χ3n) is 3.13. The van der Waals surface area contributed by atoms with E-state index in [1.165, 1.54) is 7.11 Å². The highest BCUT2D eigenvalue weighted by Gasteiger charge is 2.18. The number of nitrogens with one attached hydrogen (secondary N) is 1. The van der Waals surface area contributed by atoms with E-state index in [4.69, 9.17) is 10.5 Å². The van der Waals surface area contributed by atoms with Gasteiger partial charge in [0, 0.05) is 4.88 Å². The van der Waals surface area contributed by atoms with Crippen molar-refractivity contribution in [3.63, 3.8) is 0 Å². The maximum atomic E-state index is 12.4. The molecule has 0 fully saturated rings. The molecule has 2 aromatic rings. The quantitative estimate of drug-likeness (QED) is 0.831. The van der Waals surface area contributed by atoms with E-state index in [9.17, 15) is 4.79 Å². The first-order valence-corrected chi connectivity index (χ1v) is 7.32. The number of benzene rings is 1. The van der Waals surface area contributed by atoms with Gasteiger partial charge in [-0.05, 0) is 30.0 Å². The van der Waals surface area contributed by atoms with Gasteiger partial charge in [0.1, 0.15) is 5.75 Å². The zero-order valence-electron chi connectivity index (χ0n) is 11.6. The molecule has 0 spiro atoms. The normalized spacial score (nSPS) is 11.9. The fourth-order valence-electron chi connectivity index (χ4n) is 2.02. The number of carbonyl (C=O) groups excluding carboxylic acids is 1. The summed E-state index contributed by atoms with van der Waals surface area (Å²) in [5.74, 6) is 0.337. The molecule has 3 N–H and O–H groups in total. The monoisotopic (exact) mass is 290 g/mol. The van der Waals surface area contributed by atoms with Gasteiger partial charge in [-0.2, -0.15) is 0 Å². The Balaban J connectivity index is 2.19. The maximum Gasteiger partial charge on any atom is 0.254 e. The van der Waals surface area contributed by atoms with Crippen LogP contribution in [0, 0.1) is 0 Å². The number of amides is 1. The van der Waals surface area contributed by atoms with Crippen molar-refractivity contribution in [3.8, 4) is 5.75 Å². The highest BCUT2D eigenvalue weighted by Crippen LogP contribution is 2.26. The summed E-state index contributed by atoms with van der Waals surface area (Å²) in [6, 6.07) is 9.21. The van der Waals surface area contributed by atoms with E-state index >= 15 is 0 Å². The standard InChI is InChI=1S/C15H18N2O2S/c1-3-11(13-8-5-9-20-13)17-15(18)10-6-4-7-12(19-2)14(10)16/h4-9,11H,3,16H2,1-2H3,(H,17,18). The van der Waals surface area contributed by atoms with Gasteiger partial charge in [0.25, 0.3) is 5.91 Å². The topological polar surface area (TPSA) is 64.3 Å². The lowest BCUT2D eigenvalue weighted by molar-refractivity contribution is 0.0937. The largest absolute Gasteiger partial charge is 0.495 e. The molecule has 4 nitrogen and oxygen atoms in total. The molecule has 1 aromatic carbocycles. The van der Waals surface area contributed by atoms with E-state index in [0.29, 0.717) is 17.0 Å². The molecule has 1 unspecified atom stereocenters. The second-order valence-corrected chi connectivity index (χ2v) is 5.35. The van der Waals surface area contributed by atoms with E-state index < -0.39 is 0 Å². The Morgan fingerprint density at radius 1 is 1.40 bits per heavy atom. The minimum atomic E-state index is -0.179. The number of nitrogen functional groups attached to an aromatic ring is 1. The molecule has 5 heteroatoms. The Morgan fingerprint density at radius 2 is 2.20 bits per heavy atom. The van der Waals surface area contributed by atoms with Crippen molar-refractivity contribution in [2.45, 2.75) is 19.4 Å². The summed E-state index contributed by atoms with van der Waals surface area (Å²) in [4.78, 5) is 13.5. The SMILES string of the molecule is CCC(NC(=O)c1cccc(OC)c1N)c1cccs1. The number of para-hydroxylation sites is 1. The smallest absolute Gasteiger partial charge is 0.254 e. The molecule has 0 bridgehead atoms. The van der Waals surface area contributed by atoms with Crippen LogP contribution in [0.15, 0.2) is 35.7 Å². The van der Waals surface area contributed by atoms with Crippen molar-refractivity contribution in [1.29, 1.82) is 0 Å². The molecule has 0 aliphatic rings. The molecule has 0 aliphatic heterocycles. The third-order valence-corrected chi connectivity index (χ3v) is 4.12. The van der Waals surface area contributed by atoms with Crippen LogP contribution in [0.4, 0.5) is 5.69 Å². The molecule has 0 radical (unpaired) electrons. The predicted octanol–water partition coefficient (Wildman–Crippen LogP) is 3.22. The molecule has 0 aliphatic carbocycles. The molecular formula is C15H18N2O2S. The van der Waals surface area contributed by atoms with Crippen molar-refractivity contribution >= 4 is 22.9 Å². The molecule has 1 heterocycles. The Labute approximate surface area is 122 Å². The van der Waals surface area contributed by atoms with Crippen molar-refractivity contribution in [2.75, 3.05) is 12.8 Å². The van der Waals surface area contributed by atoms with E-state index in [-0.39, 0.29) is 11.9 Å². The highest BCUT2D eigenvalue weighted by atomic mass is 32.1. The lowest BCUT2D eigenvalue weighted by atomic mass is 10.1. The van der Waals surface area contributed by atoms with Crippen LogP contribution in [0.25, 0.3) is 0 Å². The van der Waals surface area contributed by atoms with Crippen LogP contribution in [0.5, 0.6) is 5.75 Å². The number of rotatable bonds is 5. The van der Waals surface area contributed by atoms with E-state index in [2.05, 4.69) is 5.32 Å². The Morgan fingerprint density at radius 3 is 2.80 bits per heavy atom. The fraction of sp³-hybridized carbons (Fsp3) is 0.267. The summed E-state index contributed by atoms with van der Waals surface area (Å²) in [5, 5.41) is 5.02. The number of methoxy groups -OCH3 is 1. The minimum Gasteiger partial charge on any atom is -0.495 e. The molecule has 0 saturated carbocycles. The average Bonchev–Trinajstić information content (AvgIpc) is 2.98. The second-order valence-electron chi connectivity index (χ2n) is 4.37. The van der Waals surface area contributed by atoms with Crippen molar-refractivity contribution < 1.29 is 9.53 Å². The van der Waals surface area contributed by atoms with Gasteiger partial charge in [0.05, 0.1) is 24.4 Å². The summed E-state index contributed by atoms with van der Waals surface area (Å²) in [5.41, 5.74) is 6.76. The lowest BCUT2D eigenvalue weighted by Gasteiger charge is -2.17. The van der Waals surface area contributed by atoms with Crippen LogP contribution in [0.2, 0.25) is 0 Å². The van der Waals surface area contributed by atoms with Gasteiger partial charge in [-0.15, -0.1) is 11.3 Å². The Kier molecular flexibility index (Phi) is 4.63. The van der Waals surface area contributed by atoms with E-state index in [0.717, 1.165) is 11.3 Å². The van der Waals surface area contributed by atoms with Gasteiger partial charge in [0.2, 0.25) is 0 Å². The van der Waals surface area contributed by atoms with E-state index in [1.807, 2.05) is 24.4 Å². The molecule has 2 rings (SSSR count). The zero-order chi connectivity index (χ0) is 14.5. The zero-order valence-corrected chi connectivity index (χ0v) is 12.4. The van der Waals surface area contributed by atoms with Gasteiger partial charge in [-0.3, -0.25) is 4.79 Å². The molecule has 20 heavy (non-hydrogen) atoms. The van der Waals surface area contributed by atoms with Crippen LogP contribution < -0.4 is 15.8 Å². The van der Waals surface area contributed by atoms with Crippen LogP contribution in [0.1, 0.15) is 34.6 Å². The number of nitrogens with two attached hydrogens (primary N) is 1. The van der Waals surface area contributed by atoms with Gasteiger partial charge in [-0.25, -0.2) is 0 Å². The Hall–Kier alpha value is -2.01. The first kappa shape index (κ1) is 14.4. The number of ether oxygens (including phenoxy) is 1. The molecule has 0 saturated heterocycles. The number of anilines is 1. The first-order chi connectivity index (χ1) is 9.67. The average molecular weight is 290 g/mol. The lowest BCUT2D eigenvalue weighted by Crippen LogP contribution is -2.28. The number of hydrogen-bond acceptors (Lipinski definition) is 4. The summed E-state index contributed by atoms with van der Waals surface area (Å²) in [7, 11) is 1.54. The summed E-state index contributed by atoms with van der Waals surface area (Å²) in [6.07, 6.45) is 0.829. The second kappa shape index (κ2) is 6.43. The van der Waals surface area contributed by atoms with Crippen molar-refractivity contribution in [3.05, 3.63) is 46.2 Å². The highest BCUT2D eigenvalue weighted by molar-refractivity contribution is 7.10. The summed E-state index contributed by atoms with van der Waals surface area (Å²) >= 11 is 1.63. The molecule has 1 aromatic heterocycles. The minimum absolute atomic E-state index is 0.00750. The summed E-state index contributed by atoms with van der Waals surface area (Å²) in [6.45, 7) is 2.04. The van der Waals surface area contributed by atoms with Crippen LogP contribution >= 0.6 is 11.3 Å². The first-order valence-electron chi connectivity index (χ1n) is 6.44. The molecule has 106 valence electrons. The van der Waals surface area contributed by atoms with Crippen LogP contribution in [-0.2, 0) is 0 Å². The van der Waals surface area contributed by atoms with Gasteiger partial charge in [0.15, 0.2) is 0 Å². The van der Waals surface area contributed by atoms with Crippen molar-refractivity contribution in [1.82, 2.24) is 5.32 Å². The summed E-state index contributed by atoms with van der Waals surface area (Å²) < 4.78 is 5.14. The maximum absolute atomic E-state index is 12.4. The molecule has 1 amide bonds. The molecular weight excluding hydrogens is 272 g/mol. The Bertz CT molecular complexity index is 582. The van der Waals surface area contributed by atoms with E-state index in [1.54, 1.807) is 29.5 Å². The van der Waals surface area contributed by atoms with Crippen LogP contribution in [-0.4, -0.2) is 13.0 Å². The number of carbonyl (C=O) groups is 1. The molecule has 1 atom stereocenters. The predicted molar refractivity (Wildman–Crippen MR) is 82.2 cm³/mol. The van der Waals surface area contributed by atoms with Gasteiger partial charge >= 0.3 is 0 Å². The number of thiophene rings is 1. The fourth-order valence-corrected chi connectivity index (χ4v) is 2.88. The number of hydrogen-bond donors (Lipinski definition) is 2. The third kappa shape index (κ3) is 2.93.